The molecule has 1 heteroatoms. The lowest BCUT2D eigenvalue weighted by Gasteiger charge is -2.15. The van der Waals surface area contributed by atoms with Gasteiger partial charge >= 0.3 is 0 Å². The van der Waals surface area contributed by atoms with E-state index in [-0.39, 0.29) is 0 Å². The van der Waals surface area contributed by atoms with Crippen LogP contribution in [-0.4, -0.2) is 6.04 Å². The summed E-state index contributed by atoms with van der Waals surface area (Å²) < 4.78 is 0. The van der Waals surface area contributed by atoms with E-state index in [1.807, 2.05) is 0 Å². The van der Waals surface area contributed by atoms with E-state index in [0.717, 1.165) is 29.6 Å². The maximum absolute atomic E-state index is 6.36. The Morgan fingerprint density at radius 2 is 1.80 bits per heavy atom. The van der Waals surface area contributed by atoms with Gasteiger partial charge in [0.2, 0.25) is 0 Å². The lowest BCUT2D eigenvalue weighted by molar-refractivity contribution is 0.390. The van der Waals surface area contributed by atoms with Crippen LogP contribution in [0.4, 0.5) is 0 Å². The predicted molar refractivity (Wildman–Crippen MR) is 63.4 cm³/mol. The van der Waals surface area contributed by atoms with Gasteiger partial charge in [0.1, 0.15) is 0 Å². The second-order valence-electron chi connectivity index (χ2n) is 6.22. The summed E-state index contributed by atoms with van der Waals surface area (Å²) in [5.74, 6) is 5.32. The molecule has 0 spiro atoms. The van der Waals surface area contributed by atoms with Crippen LogP contribution in [-0.2, 0) is 0 Å². The van der Waals surface area contributed by atoms with Crippen molar-refractivity contribution in [3.63, 3.8) is 0 Å². The monoisotopic (exact) mass is 207 g/mol. The summed E-state index contributed by atoms with van der Waals surface area (Å²) in [5.41, 5.74) is 6.36. The van der Waals surface area contributed by atoms with Crippen molar-refractivity contribution in [3.8, 4) is 0 Å². The van der Waals surface area contributed by atoms with Crippen LogP contribution in [0.1, 0.15) is 51.9 Å². The lowest BCUT2D eigenvalue weighted by Crippen LogP contribution is -2.26. The van der Waals surface area contributed by atoms with Gasteiger partial charge in [0.05, 0.1) is 0 Å². The molecule has 0 aromatic heterocycles. The van der Waals surface area contributed by atoms with E-state index in [2.05, 4.69) is 6.92 Å². The molecule has 3 aliphatic rings. The first-order valence-electron chi connectivity index (χ1n) is 7.08. The summed E-state index contributed by atoms with van der Waals surface area (Å²) in [5, 5.41) is 0. The van der Waals surface area contributed by atoms with Crippen LogP contribution in [0.3, 0.4) is 0 Å². The fourth-order valence-corrected chi connectivity index (χ4v) is 4.79. The van der Waals surface area contributed by atoms with Gasteiger partial charge in [-0.1, -0.05) is 26.2 Å². The highest BCUT2D eigenvalue weighted by Gasteiger charge is 2.65. The van der Waals surface area contributed by atoms with Crippen LogP contribution < -0.4 is 5.73 Å². The molecule has 5 unspecified atom stereocenters. The molecule has 0 saturated heterocycles. The number of hydrogen-bond donors (Lipinski definition) is 1. The molecule has 3 rings (SSSR count). The molecule has 0 heterocycles. The summed E-state index contributed by atoms with van der Waals surface area (Å²) >= 11 is 0. The molecular formula is C14H25N. The third-order valence-electron chi connectivity index (χ3n) is 5.43. The average molecular weight is 207 g/mol. The molecule has 2 N–H and O–H groups in total. The van der Waals surface area contributed by atoms with Crippen molar-refractivity contribution in [1.82, 2.24) is 0 Å². The summed E-state index contributed by atoms with van der Waals surface area (Å²) in [7, 11) is 0. The van der Waals surface area contributed by atoms with Gasteiger partial charge < -0.3 is 5.73 Å². The Hall–Kier alpha value is -0.0400. The Morgan fingerprint density at radius 3 is 2.40 bits per heavy atom. The molecule has 5 atom stereocenters. The standard InChI is InChI=1S/C14H25N/c1-2-3-4-5-11(15)14-12-9-6-7-10(8-9)13(12)14/h9-14H,2-8,15H2,1H3. The molecular weight excluding hydrogens is 182 g/mol. The predicted octanol–water partition coefficient (Wildman–Crippen LogP) is 3.19. The second-order valence-corrected chi connectivity index (χ2v) is 6.22. The number of nitrogens with two attached hydrogens (primary N) is 1. The van der Waals surface area contributed by atoms with Crippen molar-refractivity contribution in [2.75, 3.05) is 0 Å². The van der Waals surface area contributed by atoms with Crippen LogP contribution >= 0.6 is 0 Å². The molecule has 1 nitrogen and oxygen atoms in total. The van der Waals surface area contributed by atoms with Crippen LogP contribution in [0.2, 0.25) is 0 Å². The summed E-state index contributed by atoms with van der Waals surface area (Å²) in [4.78, 5) is 0. The topological polar surface area (TPSA) is 26.0 Å². The van der Waals surface area contributed by atoms with Gasteiger partial charge in [-0.15, -0.1) is 0 Å². The smallest absolute Gasteiger partial charge is 0.00728 e. The zero-order chi connectivity index (χ0) is 10.4. The SMILES string of the molecule is CCCCCC(N)C1C2C3CCC(C3)C12. The minimum Gasteiger partial charge on any atom is -0.327 e. The summed E-state index contributed by atoms with van der Waals surface area (Å²) in [6, 6.07) is 0.551. The lowest BCUT2D eigenvalue weighted by atomic mass is 9.95. The van der Waals surface area contributed by atoms with Gasteiger partial charge in [-0.2, -0.15) is 0 Å². The maximum Gasteiger partial charge on any atom is 0.00728 e. The molecule has 0 radical (unpaired) electrons. The van der Waals surface area contributed by atoms with E-state index >= 15 is 0 Å². The Morgan fingerprint density at radius 1 is 1.13 bits per heavy atom. The summed E-state index contributed by atoms with van der Waals surface area (Å²) in [6.07, 6.45) is 9.99. The molecule has 3 aliphatic carbocycles. The number of unbranched alkanes of at least 4 members (excludes halogenated alkanes) is 2. The number of fused-ring (bicyclic) bond motifs is 5. The van der Waals surface area contributed by atoms with Crippen molar-refractivity contribution in [1.29, 1.82) is 0 Å². The van der Waals surface area contributed by atoms with Gasteiger partial charge in [-0.25, -0.2) is 0 Å². The van der Waals surface area contributed by atoms with E-state index in [1.165, 1.54) is 38.5 Å². The second kappa shape index (κ2) is 3.76. The normalized spacial score (nSPS) is 48.0. The zero-order valence-electron chi connectivity index (χ0n) is 9.99. The van der Waals surface area contributed by atoms with Crippen molar-refractivity contribution in [3.05, 3.63) is 0 Å². The first-order chi connectivity index (χ1) is 7.33. The Kier molecular flexibility index (Phi) is 2.54. The van der Waals surface area contributed by atoms with Crippen molar-refractivity contribution in [2.45, 2.75) is 57.9 Å². The third kappa shape index (κ3) is 1.54. The minimum atomic E-state index is 0.551. The maximum atomic E-state index is 6.36. The van der Waals surface area contributed by atoms with E-state index in [4.69, 9.17) is 5.73 Å². The first-order valence-corrected chi connectivity index (χ1v) is 7.08. The fraction of sp³-hybridized carbons (Fsp3) is 1.00. The van der Waals surface area contributed by atoms with E-state index in [1.54, 1.807) is 6.42 Å². The van der Waals surface area contributed by atoms with E-state index in [9.17, 15) is 0 Å². The van der Waals surface area contributed by atoms with Crippen LogP contribution in [0.25, 0.3) is 0 Å². The van der Waals surface area contributed by atoms with Gasteiger partial charge in [0.15, 0.2) is 0 Å². The highest BCUT2D eigenvalue weighted by atomic mass is 14.8. The van der Waals surface area contributed by atoms with Gasteiger partial charge in [-0.3, -0.25) is 0 Å². The van der Waals surface area contributed by atoms with Gasteiger partial charge in [0.25, 0.3) is 0 Å². The van der Waals surface area contributed by atoms with Crippen LogP contribution in [0.15, 0.2) is 0 Å². The molecule has 86 valence electrons. The highest BCUT2D eigenvalue weighted by Crippen LogP contribution is 2.70. The summed E-state index contributed by atoms with van der Waals surface area (Å²) in [6.45, 7) is 2.28. The Bertz CT molecular complexity index is 221. The molecule has 0 aromatic carbocycles. The molecule has 0 amide bonds. The minimum absolute atomic E-state index is 0.551. The first kappa shape index (κ1) is 10.1. The van der Waals surface area contributed by atoms with Crippen LogP contribution in [0, 0.1) is 29.6 Å². The quantitative estimate of drug-likeness (QED) is 0.688. The van der Waals surface area contributed by atoms with Gasteiger partial charge in [-0.05, 0) is 55.3 Å². The third-order valence-corrected chi connectivity index (χ3v) is 5.43. The van der Waals surface area contributed by atoms with E-state index < -0.39 is 0 Å². The molecule has 3 saturated carbocycles. The van der Waals surface area contributed by atoms with Crippen molar-refractivity contribution < 1.29 is 0 Å². The highest BCUT2D eigenvalue weighted by molar-refractivity contribution is 5.15. The van der Waals surface area contributed by atoms with Crippen molar-refractivity contribution in [2.24, 2.45) is 35.3 Å². The van der Waals surface area contributed by atoms with Crippen molar-refractivity contribution >= 4 is 0 Å². The van der Waals surface area contributed by atoms with Crippen LogP contribution in [0.5, 0.6) is 0 Å². The zero-order valence-corrected chi connectivity index (χ0v) is 9.99. The molecule has 0 aromatic rings. The molecule has 15 heavy (non-hydrogen) atoms. The molecule has 0 aliphatic heterocycles. The van der Waals surface area contributed by atoms with E-state index in [0.29, 0.717) is 6.04 Å². The largest absolute Gasteiger partial charge is 0.327 e. The molecule has 2 bridgehead atoms. The average Bonchev–Trinajstić information content (AvgIpc) is 2.68. The number of hydrogen-bond acceptors (Lipinski definition) is 1. The molecule has 3 fully saturated rings. The number of rotatable bonds is 5. The Balaban J connectivity index is 1.49. The Labute approximate surface area is 93.8 Å². The fourth-order valence-electron chi connectivity index (χ4n) is 4.79. The van der Waals surface area contributed by atoms with Gasteiger partial charge in [0, 0.05) is 6.04 Å².